The van der Waals surface area contributed by atoms with E-state index >= 15 is 0 Å². The summed E-state index contributed by atoms with van der Waals surface area (Å²) in [5, 5.41) is 25.7. The first kappa shape index (κ1) is 92.8. The Hall–Kier alpha value is -18.3. The van der Waals surface area contributed by atoms with Crippen molar-refractivity contribution >= 4 is 238 Å². The average Bonchev–Trinajstić information content (AvgIpc) is 1.55. The molecule has 150 heavy (non-hydrogen) atoms. The zero-order valence-corrected chi connectivity index (χ0v) is 86.2. The number of nitrogens with zero attached hydrogens (tertiary/aromatic N) is 5. The number of fused-ring (bicyclic) bond motifs is 30. The summed E-state index contributed by atoms with van der Waals surface area (Å²) in [7, 11) is 2.12. The Morgan fingerprint density at radius 2 is 0.480 bits per heavy atom. The van der Waals surface area contributed by atoms with Gasteiger partial charge in [-0.05, 0) is 229 Å². The topological polar surface area (TPSA) is 64.1 Å². The molecule has 10 heterocycles. The number of rotatable bonds is 4. The van der Waals surface area contributed by atoms with E-state index in [1.54, 1.807) is 0 Å². The summed E-state index contributed by atoms with van der Waals surface area (Å²) in [6.07, 6.45) is 0. The number of hydrogen-bond donors (Lipinski definition) is 0. The maximum Gasteiger partial charge on any atom is 0.159 e. The number of furan rings is 3. The summed E-state index contributed by atoms with van der Waals surface area (Å²) >= 11 is 3.76. The molecule has 32 aromatic rings. The van der Waals surface area contributed by atoms with Crippen LogP contribution in [0.15, 0.2) is 505 Å². The zero-order valence-electron chi connectivity index (χ0n) is 84.5. The summed E-state index contributed by atoms with van der Waals surface area (Å²) in [4.78, 5) is 0. The highest BCUT2D eigenvalue weighted by molar-refractivity contribution is 7.26. The minimum atomic E-state index is 0.927. The van der Waals surface area contributed by atoms with E-state index in [0.29, 0.717) is 0 Å². The van der Waals surface area contributed by atoms with Crippen LogP contribution in [0.2, 0.25) is 0 Å². The highest BCUT2D eigenvalue weighted by atomic mass is 32.1. The molecule has 22 aromatic carbocycles. The number of aromatic nitrogens is 5. The molecule has 10 heteroatoms. The lowest BCUT2D eigenvalue weighted by molar-refractivity contribution is 0.665. The molecule has 0 aliphatic carbocycles. The Morgan fingerprint density at radius 1 is 0.167 bits per heavy atom. The van der Waals surface area contributed by atoms with Crippen molar-refractivity contribution in [2.24, 2.45) is 7.05 Å². The van der Waals surface area contributed by atoms with Crippen molar-refractivity contribution in [3.63, 3.8) is 0 Å². The molecule has 10 aromatic heterocycles. The molecule has 0 radical (unpaired) electrons. The molecule has 0 unspecified atom stereocenters. The summed E-state index contributed by atoms with van der Waals surface area (Å²) < 4.78 is 35.1. The number of benzene rings is 22. The van der Waals surface area contributed by atoms with Gasteiger partial charge in [0.15, 0.2) is 5.58 Å². The fourth-order valence-corrected chi connectivity index (χ4v) is 24.3. The van der Waals surface area contributed by atoms with Gasteiger partial charge in [-0.15, -0.1) is 22.7 Å². The third kappa shape index (κ3) is 17.1. The first-order valence-electron chi connectivity index (χ1n) is 51.2. The van der Waals surface area contributed by atoms with Crippen molar-refractivity contribution < 1.29 is 13.3 Å². The zero-order chi connectivity index (χ0) is 101. The lowest BCUT2D eigenvalue weighted by atomic mass is 10.1. The summed E-state index contributed by atoms with van der Waals surface area (Å²) in [5.41, 5.74) is 31.9. The second-order valence-electron chi connectivity index (χ2n) is 39.0. The molecule has 8 nitrogen and oxygen atoms in total. The molecule has 0 N–H and O–H groups in total. The van der Waals surface area contributed by atoms with Gasteiger partial charge in [0.05, 0.1) is 49.8 Å². The van der Waals surface area contributed by atoms with Gasteiger partial charge in [-0.2, -0.15) is 0 Å². The average molecular weight is 1970 g/mol. The van der Waals surface area contributed by atoms with E-state index in [-0.39, 0.29) is 0 Å². The van der Waals surface area contributed by atoms with E-state index in [0.717, 1.165) is 50.0 Å². The molecule has 0 bridgehead atoms. The second kappa shape index (κ2) is 39.6. The first-order chi connectivity index (χ1) is 73.7. The highest BCUT2D eigenvalue weighted by Crippen LogP contribution is 2.44. The Kier molecular flexibility index (Phi) is 24.5. The maximum absolute atomic E-state index is 6.31. The van der Waals surface area contributed by atoms with Crippen LogP contribution in [0.25, 0.3) is 238 Å². The third-order valence-corrected chi connectivity index (χ3v) is 31.6. The van der Waals surface area contributed by atoms with Crippen LogP contribution in [-0.2, 0) is 7.05 Å². The molecular weight excluding hydrogens is 1860 g/mol. The van der Waals surface area contributed by atoms with Gasteiger partial charge in [0, 0.05) is 162 Å². The monoisotopic (exact) mass is 1970 g/mol. The van der Waals surface area contributed by atoms with E-state index in [1.165, 1.54) is 227 Å². The summed E-state index contributed by atoms with van der Waals surface area (Å²) in [5.74, 6) is 0. The van der Waals surface area contributed by atoms with Crippen LogP contribution in [0.1, 0.15) is 38.9 Å². The number of thiophene rings is 2. The van der Waals surface area contributed by atoms with Gasteiger partial charge >= 0.3 is 0 Å². The Bertz CT molecular complexity index is 10400. The molecular formula is C140H105N5O3S2. The molecule has 0 saturated heterocycles. The third-order valence-electron chi connectivity index (χ3n) is 29.1. The largest absolute Gasteiger partial charge is 0.456 e. The molecule has 0 fully saturated rings. The minimum Gasteiger partial charge on any atom is -0.456 e. The maximum atomic E-state index is 6.31. The molecule has 0 spiro atoms. The molecule has 0 aliphatic rings. The predicted octanol–water partition coefficient (Wildman–Crippen LogP) is 40.1. The SMILES string of the molecule is Cc1ccc2c(c1)c1ccc(-n3c4ccccc4c4ccccc43)cc1n2-c1ccccc1.Cc1ccc2c(c1)c1ccccc1n2-c1cccc2c1oc1ccccc12.Cc1ccc2c(c1)c1ccccc1n2-c1ccccc1.Cc1ccc2oc3ccccc3c2c1.Cc1ccc2sc3ccccc3c2c1.Cc1cccc2c1oc1ccccc12.Cc1cccc2c1sc1ccccc12.Cn1c2ccccc2c2ccccc21. The van der Waals surface area contributed by atoms with Gasteiger partial charge < -0.3 is 36.1 Å². The lowest BCUT2D eigenvalue weighted by Crippen LogP contribution is -1.96. The smallest absolute Gasteiger partial charge is 0.159 e. The Morgan fingerprint density at radius 3 is 1.00 bits per heavy atom. The van der Waals surface area contributed by atoms with Crippen LogP contribution >= 0.6 is 22.7 Å². The molecule has 32 rings (SSSR count). The molecule has 0 aliphatic heterocycles. The second-order valence-corrected chi connectivity index (χ2v) is 41.1. The van der Waals surface area contributed by atoms with Crippen molar-refractivity contribution in [2.75, 3.05) is 0 Å². The van der Waals surface area contributed by atoms with E-state index in [9.17, 15) is 0 Å². The standard InChI is InChI=1S/C31H22N2.C25H17NO.C19H15N.C13H11N.2C13H10O.2C13H10S/c1-21-15-18-30-27(19-21)26-17-16-23(20-31(26)32(30)22-9-3-2-4-10-22)33-28-13-7-5-11-24(28)25-12-6-8-14-29(25)33;1-16-13-14-22-20(15-16)17-7-2-4-10-21(17)26(22)23-11-6-9-19-18-8-3-5-12-24(18)27-25(19)23;1-14-11-12-19-17(13-14)16-9-5-6-10-18(16)20(19)15-7-3-2-4-8-15;1-14-12-8-4-2-6-10(12)11-7-3-5-9-13(11)14;1-9-5-4-7-11-10-6-2-3-8-12(10)14-13(9)11;1-9-6-7-13-11(8-9)10-4-2-3-5-12(10)14-13;1-9-5-4-7-11-10-6-2-3-8-12(10)14-13(9)11;1-9-6-7-13-11(8-9)10-4-2-3-5-12(10)14-13/h2-20H,1H3;2-15H,1H3;2-13H,1H3;2-9H,1H3;4*2-8H,1H3. The van der Waals surface area contributed by atoms with E-state index in [1.807, 2.05) is 77.3 Å². The fraction of sp³-hybridized carbons (Fsp3) is 0.0571. The van der Waals surface area contributed by atoms with Crippen molar-refractivity contribution in [1.82, 2.24) is 22.8 Å². The van der Waals surface area contributed by atoms with Crippen LogP contribution in [0.5, 0.6) is 0 Å². The molecule has 0 saturated carbocycles. The Balaban J connectivity index is 0.0000000909. The van der Waals surface area contributed by atoms with E-state index in [2.05, 4.69) is 515 Å². The van der Waals surface area contributed by atoms with Crippen molar-refractivity contribution in [1.29, 1.82) is 0 Å². The molecule has 0 amide bonds. The van der Waals surface area contributed by atoms with Gasteiger partial charge in [0.1, 0.15) is 27.9 Å². The van der Waals surface area contributed by atoms with Crippen molar-refractivity contribution in [3.05, 3.63) is 530 Å². The van der Waals surface area contributed by atoms with Crippen molar-refractivity contribution in [2.45, 2.75) is 48.5 Å². The van der Waals surface area contributed by atoms with Crippen LogP contribution in [-0.4, -0.2) is 22.8 Å². The quantitative estimate of drug-likeness (QED) is 0.176. The van der Waals surface area contributed by atoms with Gasteiger partial charge in [-0.1, -0.05) is 349 Å². The van der Waals surface area contributed by atoms with E-state index < -0.39 is 0 Å². The van der Waals surface area contributed by atoms with Gasteiger partial charge in [0.25, 0.3) is 0 Å². The lowest BCUT2D eigenvalue weighted by Gasteiger charge is -2.11. The van der Waals surface area contributed by atoms with E-state index in [4.69, 9.17) is 13.3 Å². The minimum absolute atomic E-state index is 0.927. The Labute approximate surface area is 875 Å². The number of para-hydroxylation sites is 13. The van der Waals surface area contributed by atoms with Crippen LogP contribution in [0, 0.1) is 48.5 Å². The van der Waals surface area contributed by atoms with Crippen LogP contribution < -0.4 is 0 Å². The van der Waals surface area contributed by atoms with Crippen molar-refractivity contribution in [3.8, 4) is 22.7 Å². The highest BCUT2D eigenvalue weighted by Gasteiger charge is 2.22. The summed E-state index contributed by atoms with van der Waals surface area (Å²) in [6, 6.07) is 174. The molecule has 720 valence electrons. The normalized spacial score (nSPS) is 11.5. The summed E-state index contributed by atoms with van der Waals surface area (Å²) in [6.45, 7) is 15.0. The molecule has 0 atom stereocenters. The van der Waals surface area contributed by atoms with Crippen LogP contribution in [0.4, 0.5) is 0 Å². The fourth-order valence-electron chi connectivity index (χ4n) is 22.1. The predicted molar refractivity (Wildman–Crippen MR) is 644 cm³/mol. The first-order valence-corrected chi connectivity index (χ1v) is 52.8. The van der Waals surface area contributed by atoms with Gasteiger partial charge in [-0.3, -0.25) is 0 Å². The van der Waals surface area contributed by atoms with Gasteiger partial charge in [-0.25, -0.2) is 0 Å². The van der Waals surface area contributed by atoms with Gasteiger partial charge in [0.2, 0.25) is 0 Å². The number of aryl methyl sites for hydroxylation is 8. The number of hydrogen-bond acceptors (Lipinski definition) is 5. The van der Waals surface area contributed by atoms with Crippen LogP contribution in [0.3, 0.4) is 0 Å².